The summed E-state index contributed by atoms with van der Waals surface area (Å²) < 4.78 is 0. The van der Waals surface area contributed by atoms with Crippen LogP contribution < -0.4 is 10.9 Å². The molecule has 1 amide bonds. The maximum Gasteiger partial charge on any atom is 0.263 e. The molecule has 2 aromatic rings. The highest BCUT2D eigenvalue weighted by Crippen LogP contribution is 2.13. The lowest BCUT2D eigenvalue weighted by Gasteiger charge is -2.06. The number of para-hydroxylation sites is 1. The third kappa shape index (κ3) is 2.39. The van der Waals surface area contributed by atoms with Gasteiger partial charge in [0.15, 0.2) is 0 Å². The quantitative estimate of drug-likeness (QED) is 0.815. The maximum atomic E-state index is 11.8. The van der Waals surface area contributed by atoms with E-state index in [2.05, 4.69) is 15.3 Å². The van der Waals surface area contributed by atoms with Crippen molar-refractivity contribution in [3.63, 3.8) is 0 Å². The zero-order valence-corrected chi connectivity index (χ0v) is 9.23. The summed E-state index contributed by atoms with van der Waals surface area (Å²) >= 11 is 0. The van der Waals surface area contributed by atoms with Gasteiger partial charge < -0.3 is 10.3 Å². The monoisotopic (exact) mass is 229 g/mol. The highest BCUT2D eigenvalue weighted by Gasteiger charge is 2.11. The van der Waals surface area contributed by atoms with Gasteiger partial charge in [-0.25, -0.2) is 4.98 Å². The minimum absolute atomic E-state index is 0.00393. The van der Waals surface area contributed by atoms with Gasteiger partial charge in [0, 0.05) is 11.9 Å². The van der Waals surface area contributed by atoms with Crippen molar-refractivity contribution in [1.29, 1.82) is 0 Å². The Hall–Kier alpha value is -2.43. The summed E-state index contributed by atoms with van der Waals surface area (Å²) in [5.74, 6) is -0.464. The normalized spacial score (nSPS) is 9.94. The summed E-state index contributed by atoms with van der Waals surface area (Å²) in [6.07, 6.45) is 2.49. The van der Waals surface area contributed by atoms with Crippen LogP contribution >= 0.6 is 0 Å². The molecule has 1 aromatic heterocycles. The van der Waals surface area contributed by atoms with Crippen LogP contribution in [0.3, 0.4) is 0 Å². The first-order valence-corrected chi connectivity index (χ1v) is 5.08. The standard InChI is InChI=1S/C12H11N3O2/c1-8-4-2-3-5-10(8)15-12(17)9-6-13-7-14-11(9)16/h2-7H,1H3,(H,15,17)(H,13,14,16). The number of benzene rings is 1. The lowest BCUT2D eigenvalue weighted by Crippen LogP contribution is -2.23. The van der Waals surface area contributed by atoms with Gasteiger partial charge in [0.05, 0.1) is 6.33 Å². The molecule has 0 fully saturated rings. The van der Waals surface area contributed by atoms with Crippen molar-refractivity contribution in [2.24, 2.45) is 0 Å². The van der Waals surface area contributed by atoms with Gasteiger partial charge in [0.2, 0.25) is 0 Å². The van der Waals surface area contributed by atoms with E-state index in [-0.39, 0.29) is 5.56 Å². The minimum Gasteiger partial charge on any atom is -0.322 e. The van der Waals surface area contributed by atoms with Crippen LogP contribution in [0.4, 0.5) is 5.69 Å². The molecule has 0 spiro atoms. The molecule has 1 heterocycles. The van der Waals surface area contributed by atoms with E-state index in [9.17, 15) is 9.59 Å². The molecular weight excluding hydrogens is 218 g/mol. The molecule has 0 radical (unpaired) electrons. The molecular formula is C12H11N3O2. The predicted molar refractivity (Wildman–Crippen MR) is 64.0 cm³/mol. The second kappa shape index (κ2) is 4.61. The summed E-state index contributed by atoms with van der Waals surface area (Å²) in [5.41, 5.74) is 1.16. The summed E-state index contributed by atoms with van der Waals surface area (Å²) in [4.78, 5) is 29.3. The highest BCUT2D eigenvalue weighted by molar-refractivity contribution is 6.04. The van der Waals surface area contributed by atoms with Crippen LogP contribution in [0.5, 0.6) is 0 Å². The van der Waals surface area contributed by atoms with Crippen LogP contribution in [0.1, 0.15) is 15.9 Å². The highest BCUT2D eigenvalue weighted by atomic mass is 16.2. The van der Waals surface area contributed by atoms with E-state index in [0.717, 1.165) is 5.56 Å². The first kappa shape index (κ1) is 11.1. The fourth-order valence-corrected chi connectivity index (χ4v) is 1.41. The zero-order valence-electron chi connectivity index (χ0n) is 9.23. The van der Waals surface area contributed by atoms with Crippen molar-refractivity contribution in [2.75, 3.05) is 5.32 Å². The average molecular weight is 229 g/mol. The van der Waals surface area contributed by atoms with E-state index in [1.807, 2.05) is 25.1 Å². The number of aromatic amines is 1. The molecule has 17 heavy (non-hydrogen) atoms. The number of anilines is 1. The van der Waals surface area contributed by atoms with Gasteiger partial charge in [0.1, 0.15) is 5.56 Å². The SMILES string of the molecule is Cc1ccccc1NC(=O)c1cnc[nH]c1=O. The number of hydrogen-bond acceptors (Lipinski definition) is 3. The van der Waals surface area contributed by atoms with Gasteiger partial charge in [-0.3, -0.25) is 9.59 Å². The molecule has 5 nitrogen and oxygen atoms in total. The summed E-state index contributed by atoms with van der Waals surface area (Å²) in [6.45, 7) is 1.88. The number of aromatic nitrogens is 2. The number of hydrogen-bond donors (Lipinski definition) is 2. The molecule has 0 saturated carbocycles. The van der Waals surface area contributed by atoms with E-state index in [4.69, 9.17) is 0 Å². The van der Waals surface area contributed by atoms with Gasteiger partial charge in [-0.1, -0.05) is 18.2 Å². The summed E-state index contributed by atoms with van der Waals surface area (Å²) in [6, 6.07) is 7.35. The number of nitrogens with zero attached hydrogens (tertiary/aromatic N) is 1. The lowest BCUT2D eigenvalue weighted by atomic mass is 10.2. The topological polar surface area (TPSA) is 74.8 Å². The molecule has 0 unspecified atom stereocenters. The van der Waals surface area contributed by atoms with Crippen molar-refractivity contribution in [3.8, 4) is 0 Å². The number of aryl methyl sites for hydroxylation is 1. The third-order valence-electron chi connectivity index (χ3n) is 2.36. The van der Waals surface area contributed by atoms with Crippen molar-refractivity contribution in [2.45, 2.75) is 6.92 Å². The van der Waals surface area contributed by atoms with E-state index in [1.165, 1.54) is 12.5 Å². The smallest absolute Gasteiger partial charge is 0.263 e. The first-order valence-electron chi connectivity index (χ1n) is 5.08. The summed E-state index contributed by atoms with van der Waals surface area (Å²) in [7, 11) is 0. The van der Waals surface area contributed by atoms with Gasteiger partial charge in [0.25, 0.3) is 11.5 Å². The fourth-order valence-electron chi connectivity index (χ4n) is 1.41. The second-order valence-electron chi connectivity index (χ2n) is 3.56. The van der Waals surface area contributed by atoms with Crippen LogP contribution in [-0.4, -0.2) is 15.9 Å². The Morgan fingerprint density at radius 2 is 2.12 bits per heavy atom. The molecule has 1 aromatic carbocycles. The number of rotatable bonds is 2. The molecule has 0 aliphatic carbocycles. The number of nitrogens with one attached hydrogen (secondary N) is 2. The van der Waals surface area contributed by atoms with Crippen molar-refractivity contribution < 1.29 is 4.79 Å². The molecule has 0 atom stereocenters. The third-order valence-corrected chi connectivity index (χ3v) is 2.36. The van der Waals surface area contributed by atoms with Gasteiger partial charge in [-0.15, -0.1) is 0 Å². The Bertz CT molecular complexity index is 604. The summed E-state index contributed by atoms with van der Waals surface area (Å²) in [5, 5.41) is 2.67. The van der Waals surface area contributed by atoms with Gasteiger partial charge in [-0.2, -0.15) is 0 Å². The second-order valence-corrected chi connectivity index (χ2v) is 3.56. The average Bonchev–Trinajstić information content (AvgIpc) is 2.32. The maximum absolute atomic E-state index is 11.8. The molecule has 86 valence electrons. The largest absolute Gasteiger partial charge is 0.322 e. The molecule has 0 aliphatic rings. The van der Waals surface area contributed by atoms with E-state index < -0.39 is 11.5 Å². The van der Waals surface area contributed by atoms with Crippen LogP contribution in [0.2, 0.25) is 0 Å². The molecule has 5 heteroatoms. The van der Waals surface area contributed by atoms with E-state index in [1.54, 1.807) is 6.07 Å². The van der Waals surface area contributed by atoms with Crippen LogP contribution in [-0.2, 0) is 0 Å². The Kier molecular flexibility index (Phi) is 3.00. The number of H-pyrrole nitrogens is 1. The van der Waals surface area contributed by atoms with Crippen LogP contribution in [0.25, 0.3) is 0 Å². The van der Waals surface area contributed by atoms with Gasteiger partial charge in [-0.05, 0) is 18.6 Å². The zero-order chi connectivity index (χ0) is 12.3. The van der Waals surface area contributed by atoms with Gasteiger partial charge >= 0.3 is 0 Å². The first-order chi connectivity index (χ1) is 8.18. The molecule has 0 aliphatic heterocycles. The Labute approximate surface area is 97.5 Å². The molecule has 2 N–H and O–H groups in total. The molecule has 0 saturated heterocycles. The van der Waals surface area contributed by atoms with Crippen molar-refractivity contribution in [3.05, 3.63) is 58.3 Å². The number of amides is 1. The molecule has 2 rings (SSSR count). The van der Waals surface area contributed by atoms with E-state index in [0.29, 0.717) is 5.69 Å². The Morgan fingerprint density at radius 3 is 2.82 bits per heavy atom. The lowest BCUT2D eigenvalue weighted by molar-refractivity contribution is 0.102. The van der Waals surface area contributed by atoms with Crippen molar-refractivity contribution in [1.82, 2.24) is 9.97 Å². The fraction of sp³-hybridized carbons (Fsp3) is 0.0833. The number of carbonyl (C=O) groups excluding carboxylic acids is 1. The number of carbonyl (C=O) groups is 1. The predicted octanol–water partition coefficient (Wildman–Crippen LogP) is 1.33. The molecule has 0 bridgehead atoms. The Balaban J connectivity index is 2.27. The Morgan fingerprint density at radius 1 is 1.35 bits per heavy atom. The van der Waals surface area contributed by atoms with Crippen LogP contribution in [0.15, 0.2) is 41.6 Å². The van der Waals surface area contributed by atoms with Crippen LogP contribution in [0, 0.1) is 6.92 Å². The van der Waals surface area contributed by atoms with E-state index >= 15 is 0 Å². The van der Waals surface area contributed by atoms with Crippen molar-refractivity contribution >= 4 is 11.6 Å². The minimum atomic E-state index is -0.464.